The van der Waals surface area contributed by atoms with E-state index in [2.05, 4.69) is 10.3 Å². The Labute approximate surface area is 195 Å². The first-order valence-electron chi connectivity index (χ1n) is 10.2. The van der Waals surface area contributed by atoms with Crippen LogP contribution >= 0.6 is 11.3 Å². The Bertz CT molecular complexity index is 1070. The molecule has 3 aromatic rings. The molecular formula is C23H25FN4O4S. The molecule has 0 unspecified atom stereocenters. The quantitative estimate of drug-likeness (QED) is 0.552. The molecule has 0 bridgehead atoms. The molecule has 0 radical (unpaired) electrons. The molecule has 4 rings (SSSR count). The number of ether oxygens (including phenoxy) is 2. The lowest BCUT2D eigenvalue weighted by Gasteiger charge is -2.21. The Morgan fingerprint density at radius 1 is 1.24 bits per heavy atom. The third-order valence-electron chi connectivity index (χ3n) is 4.60. The van der Waals surface area contributed by atoms with Crippen LogP contribution < -0.4 is 15.0 Å². The number of urea groups is 1. The Morgan fingerprint density at radius 2 is 2.00 bits per heavy atom. The van der Waals surface area contributed by atoms with E-state index in [1.807, 2.05) is 31.2 Å². The Balaban J connectivity index is 0.000000323. The van der Waals surface area contributed by atoms with Crippen LogP contribution in [0.3, 0.4) is 0 Å². The van der Waals surface area contributed by atoms with Gasteiger partial charge in [-0.2, -0.15) is 0 Å². The third kappa shape index (κ3) is 7.55. The molecule has 0 atom stereocenters. The molecule has 2 heterocycles. The van der Waals surface area contributed by atoms with Gasteiger partial charge < -0.3 is 14.4 Å². The van der Waals surface area contributed by atoms with Crippen molar-refractivity contribution >= 4 is 34.6 Å². The lowest BCUT2D eigenvalue weighted by Crippen LogP contribution is -2.34. The summed E-state index contributed by atoms with van der Waals surface area (Å²) in [7, 11) is 1.68. The summed E-state index contributed by atoms with van der Waals surface area (Å²) >= 11 is 1.16. The van der Waals surface area contributed by atoms with E-state index in [0.29, 0.717) is 29.2 Å². The summed E-state index contributed by atoms with van der Waals surface area (Å²) < 4.78 is 23.7. The van der Waals surface area contributed by atoms with Crippen molar-refractivity contribution in [3.05, 3.63) is 66.1 Å². The van der Waals surface area contributed by atoms with Crippen molar-refractivity contribution in [1.29, 1.82) is 0 Å². The van der Waals surface area contributed by atoms with Crippen molar-refractivity contribution in [3.63, 3.8) is 0 Å². The first kappa shape index (κ1) is 24.1. The summed E-state index contributed by atoms with van der Waals surface area (Å²) in [4.78, 5) is 29.7. The Morgan fingerprint density at radius 3 is 2.67 bits per heavy atom. The maximum Gasteiger partial charge on any atom is 0.327 e. The fourth-order valence-corrected chi connectivity index (χ4v) is 3.50. The standard InChI is InChI=1S/C18H16FN3O2S.C5H9NO2/c1-12-5-3-7-14(9-12)22(2)18(23)21-17-20-11-16(25-17)24-15-8-4-6-13(19)10-15;7-5-6-1-3-8-4-2-6/h3-11H,1-2H3,(H,20,21,23);5H,1-4H2. The van der Waals surface area contributed by atoms with Gasteiger partial charge in [-0.25, -0.2) is 14.2 Å². The van der Waals surface area contributed by atoms with Crippen LogP contribution in [0.25, 0.3) is 0 Å². The Kier molecular flexibility index (Phi) is 8.73. The highest BCUT2D eigenvalue weighted by Gasteiger charge is 2.14. The lowest BCUT2D eigenvalue weighted by molar-refractivity contribution is -0.121. The number of carbonyl (C=O) groups is 2. The van der Waals surface area contributed by atoms with Gasteiger partial charge in [-0.15, -0.1) is 0 Å². The number of rotatable bonds is 5. The number of halogens is 1. The monoisotopic (exact) mass is 472 g/mol. The van der Waals surface area contributed by atoms with E-state index in [9.17, 15) is 14.0 Å². The molecule has 2 aromatic carbocycles. The van der Waals surface area contributed by atoms with Gasteiger partial charge in [-0.1, -0.05) is 29.5 Å². The second-order valence-corrected chi connectivity index (χ2v) is 8.12. The highest BCUT2D eigenvalue weighted by atomic mass is 32.1. The maximum absolute atomic E-state index is 13.2. The van der Waals surface area contributed by atoms with E-state index in [4.69, 9.17) is 9.47 Å². The average molecular weight is 473 g/mol. The number of aromatic nitrogens is 1. The molecule has 8 nitrogen and oxygen atoms in total. The van der Waals surface area contributed by atoms with Crippen molar-refractivity contribution in [3.8, 4) is 10.8 Å². The summed E-state index contributed by atoms with van der Waals surface area (Å²) in [6, 6.07) is 13.1. The number of morpholine rings is 1. The molecule has 3 amide bonds. The molecule has 1 aliphatic rings. The topological polar surface area (TPSA) is 84.0 Å². The SMILES string of the molecule is Cc1cccc(N(C)C(=O)Nc2ncc(Oc3cccc(F)c3)s2)c1.O=CN1CCOCC1. The first-order chi connectivity index (χ1) is 15.9. The predicted octanol–water partition coefficient (Wildman–Crippen LogP) is 4.53. The van der Waals surface area contributed by atoms with Gasteiger partial charge in [-0.05, 0) is 36.8 Å². The van der Waals surface area contributed by atoms with E-state index >= 15 is 0 Å². The number of carbonyl (C=O) groups excluding carboxylic acids is 2. The van der Waals surface area contributed by atoms with Gasteiger partial charge in [0.25, 0.3) is 0 Å². The van der Waals surface area contributed by atoms with E-state index in [0.717, 1.165) is 42.1 Å². The van der Waals surface area contributed by atoms with Crippen molar-refractivity contribution in [1.82, 2.24) is 9.88 Å². The van der Waals surface area contributed by atoms with Gasteiger partial charge in [0.15, 0.2) is 5.13 Å². The van der Waals surface area contributed by atoms with Crippen LogP contribution in [0.2, 0.25) is 0 Å². The van der Waals surface area contributed by atoms with E-state index in [-0.39, 0.29) is 11.8 Å². The number of anilines is 2. The second-order valence-electron chi connectivity index (χ2n) is 7.13. The molecule has 0 saturated carbocycles. The number of amides is 3. The van der Waals surface area contributed by atoms with E-state index in [1.165, 1.54) is 23.2 Å². The maximum atomic E-state index is 13.2. The predicted molar refractivity (Wildman–Crippen MR) is 126 cm³/mol. The molecule has 33 heavy (non-hydrogen) atoms. The van der Waals surface area contributed by atoms with Crippen molar-refractivity contribution in [2.75, 3.05) is 43.6 Å². The van der Waals surface area contributed by atoms with Gasteiger partial charge in [0.1, 0.15) is 11.6 Å². The zero-order valence-corrected chi connectivity index (χ0v) is 19.2. The minimum atomic E-state index is -0.379. The van der Waals surface area contributed by atoms with Gasteiger partial charge in [0.05, 0.1) is 19.4 Å². The molecule has 1 N–H and O–H groups in total. The number of thiazole rings is 1. The van der Waals surface area contributed by atoms with Crippen LogP contribution in [0.1, 0.15) is 5.56 Å². The average Bonchev–Trinajstić information content (AvgIpc) is 3.26. The van der Waals surface area contributed by atoms with Crippen LogP contribution in [0.5, 0.6) is 10.8 Å². The van der Waals surface area contributed by atoms with Crippen LogP contribution in [0.15, 0.2) is 54.7 Å². The molecule has 0 aliphatic carbocycles. The van der Waals surface area contributed by atoms with Crippen molar-refractivity contribution in [2.24, 2.45) is 0 Å². The summed E-state index contributed by atoms with van der Waals surface area (Å²) in [6.45, 7) is 4.86. The first-order valence-corrected chi connectivity index (χ1v) is 11.0. The minimum absolute atomic E-state index is 0.308. The summed E-state index contributed by atoms with van der Waals surface area (Å²) in [6.07, 6.45) is 2.35. The molecule has 1 fully saturated rings. The normalized spacial score (nSPS) is 12.9. The van der Waals surface area contributed by atoms with Crippen LogP contribution in [0.4, 0.5) is 20.0 Å². The minimum Gasteiger partial charge on any atom is -0.445 e. The second kappa shape index (κ2) is 11.9. The smallest absolute Gasteiger partial charge is 0.327 e. The summed E-state index contributed by atoms with van der Waals surface area (Å²) in [5, 5.41) is 3.57. The van der Waals surface area contributed by atoms with Gasteiger partial charge in [-0.3, -0.25) is 15.0 Å². The molecular weight excluding hydrogens is 447 g/mol. The Hall–Kier alpha value is -3.50. The molecule has 1 aliphatic heterocycles. The zero-order valence-electron chi connectivity index (χ0n) is 18.4. The van der Waals surface area contributed by atoms with Gasteiger partial charge in [0, 0.05) is 31.9 Å². The van der Waals surface area contributed by atoms with Gasteiger partial charge >= 0.3 is 6.03 Å². The number of nitrogens with one attached hydrogen (secondary N) is 1. The third-order valence-corrected chi connectivity index (χ3v) is 5.39. The lowest BCUT2D eigenvalue weighted by atomic mass is 10.2. The van der Waals surface area contributed by atoms with Crippen LogP contribution in [-0.4, -0.2) is 55.7 Å². The molecule has 10 heteroatoms. The van der Waals surface area contributed by atoms with Crippen molar-refractivity contribution in [2.45, 2.75) is 6.92 Å². The largest absolute Gasteiger partial charge is 0.445 e. The number of nitrogens with zero attached hydrogens (tertiary/aromatic N) is 3. The van der Waals surface area contributed by atoms with Gasteiger partial charge in [0.2, 0.25) is 11.5 Å². The van der Waals surface area contributed by atoms with Crippen LogP contribution in [0, 0.1) is 12.7 Å². The number of hydrogen-bond acceptors (Lipinski definition) is 6. The van der Waals surface area contributed by atoms with Crippen molar-refractivity contribution < 1.29 is 23.5 Å². The molecule has 1 saturated heterocycles. The molecule has 174 valence electrons. The number of hydrogen-bond donors (Lipinski definition) is 1. The van der Waals surface area contributed by atoms with E-state index in [1.54, 1.807) is 24.1 Å². The highest BCUT2D eigenvalue weighted by Crippen LogP contribution is 2.30. The number of aryl methyl sites for hydroxylation is 1. The summed E-state index contributed by atoms with van der Waals surface area (Å²) in [5.74, 6) is -0.00581. The fourth-order valence-electron chi connectivity index (χ4n) is 2.82. The highest BCUT2D eigenvalue weighted by molar-refractivity contribution is 7.17. The summed E-state index contributed by atoms with van der Waals surface area (Å²) in [5.41, 5.74) is 1.85. The zero-order chi connectivity index (χ0) is 23.6. The molecule has 1 aromatic heterocycles. The van der Waals surface area contributed by atoms with E-state index < -0.39 is 0 Å². The van der Waals surface area contributed by atoms with Crippen LogP contribution in [-0.2, 0) is 9.53 Å². The number of benzene rings is 2. The fraction of sp³-hybridized carbons (Fsp3) is 0.261. The molecule has 0 spiro atoms.